The predicted octanol–water partition coefficient (Wildman–Crippen LogP) is 0.765. The number of nitrogen functional groups attached to an aromatic ring is 1. The van der Waals surface area contributed by atoms with Crippen LogP contribution in [0.15, 0.2) is 23.5 Å². The quantitative estimate of drug-likeness (QED) is 0.359. The van der Waals surface area contributed by atoms with E-state index in [9.17, 15) is 4.91 Å². The first-order valence-electron chi connectivity index (χ1n) is 2.63. The van der Waals surface area contributed by atoms with Crippen LogP contribution in [0.5, 0.6) is 0 Å². The molecule has 5 heteroatoms. The molecule has 0 bridgehead atoms. The summed E-state index contributed by atoms with van der Waals surface area (Å²) in [5.41, 5.74) is 2.72. The van der Waals surface area contributed by atoms with Crippen molar-refractivity contribution in [1.29, 1.82) is 0 Å². The molecule has 1 heterocycles. The Morgan fingerprint density at radius 2 is 2.50 bits per heavy atom. The number of nitrogens with two attached hydrogens (primary N) is 1. The van der Waals surface area contributed by atoms with Gasteiger partial charge in [0.05, 0.1) is 5.69 Å². The zero-order chi connectivity index (χ0) is 7.40. The molecule has 0 saturated heterocycles. The summed E-state index contributed by atoms with van der Waals surface area (Å²) in [4.78, 5) is 13.6. The molecular formula is C5H6N4O. The Morgan fingerprint density at radius 1 is 1.70 bits per heavy atom. The summed E-state index contributed by atoms with van der Waals surface area (Å²) in [6.45, 7) is 0. The van der Waals surface area contributed by atoms with Crippen LogP contribution >= 0.6 is 0 Å². The number of pyridine rings is 1. The second kappa shape index (κ2) is 2.88. The van der Waals surface area contributed by atoms with Crippen LogP contribution in [-0.4, -0.2) is 4.98 Å². The van der Waals surface area contributed by atoms with E-state index in [-0.39, 0.29) is 5.82 Å². The molecule has 0 saturated carbocycles. The number of hydrogen-bond acceptors (Lipinski definition) is 5. The molecule has 1 aromatic heterocycles. The topological polar surface area (TPSA) is 80.4 Å². The van der Waals surface area contributed by atoms with Gasteiger partial charge in [0.1, 0.15) is 0 Å². The zero-order valence-electron chi connectivity index (χ0n) is 5.11. The van der Waals surface area contributed by atoms with E-state index >= 15 is 0 Å². The molecule has 0 fully saturated rings. The molecule has 3 N–H and O–H groups in total. The molecule has 10 heavy (non-hydrogen) atoms. The fourth-order valence-corrected chi connectivity index (χ4v) is 0.582. The SMILES string of the molecule is NNc1cccnc1N=O. The van der Waals surface area contributed by atoms with Crippen molar-refractivity contribution < 1.29 is 0 Å². The number of nitrogens with one attached hydrogen (secondary N) is 1. The van der Waals surface area contributed by atoms with Gasteiger partial charge in [-0.3, -0.25) is 5.84 Å². The molecule has 0 radical (unpaired) electrons. The number of rotatable bonds is 2. The number of hydrogen-bond donors (Lipinski definition) is 2. The Kier molecular flexibility index (Phi) is 1.91. The second-order valence-corrected chi connectivity index (χ2v) is 1.61. The Hall–Kier alpha value is -1.49. The minimum atomic E-state index is 0.0741. The Bertz CT molecular complexity index is 237. The Labute approximate surface area is 57.2 Å². The summed E-state index contributed by atoms with van der Waals surface area (Å²) < 4.78 is 0. The Balaban J connectivity index is 3.08. The standard InChI is InChI=1S/C5H6N4O/c6-8-4-2-1-3-7-5(4)9-10/h1-3,8H,6H2. The molecule has 0 atom stereocenters. The third kappa shape index (κ3) is 1.08. The summed E-state index contributed by atoms with van der Waals surface area (Å²) >= 11 is 0. The van der Waals surface area contributed by atoms with Gasteiger partial charge in [0.15, 0.2) is 0 Å². The van der Waals surface area contributed by atoms with Gasteiger partial charge in [-0.25, -0.2) is 4.98 Å². The van der Waals surface area contributed by atoms with Crippen LogP contribution in [0.25, 0.3) is 0 Å². The van der Waals surface area contributed by atoms with Crippen LogP contribution < -0.4 is 11.3 Å². The molecule has 0 aliphatic carbocycles. The van der Waals surface area contributed by atoms with E-state index < -0.39 is 0 Å². The fraction of sp³-hybridized carbons (Fsp3) is 0. The second-order valence-electron chi connectivity index (χ2n) is 1.61. The van der Waals surface area contributed by atoms with Crippen LogP contribution in [-0.2, 0) is 0 Å². The van der Waals surface area contributed by atoms with Crippen molar-refractivity contribution in [3.05, 3.63) is 23.2 Å². The van der Waals surface area contributed by atoms with Crippen molar-refractivity contribution in [2.45, 2.75) is 0 Å². The van der Waals surface area contributed by atoms with Gasteiger partial charge in [0, 0.05) is 6.20 Å². The van der Waals surface area contributed by atoms with Crippen molar-refractivity contribution in [2.75, 3.05) is 5.43 Å². The van der Waals surface area contributed by atoms with Crippen LogP contribution in [0, 0.1) is 4.91 Å². The predicted molar refractivity (Wildman–Crippen MR) is 37.5 cm³/mol. The molecule has 0 aliphatic heterocycles. The number of aromatic nitrogens is 1. The first kappa shape index (κ1) is 6.63. The largest absolute Gasteiger partial charge is 0.321 e. The van der Waals surface area contributed by atoms with E-state index in [1.807, 2.05) is 0 Å². The van der Waals surface area contributed by atoms with Gasteiger partial charge in [-0.1, -0.05) is 0 Å². The number of hydrazine groups is 1. The fourth-order valence-electron chi connectivity index (χ4n) is 0.582. The molecular weight excluding hydrogens is 132 g/mol. The summed E-state index contributed by atoms with van der Waals surface area (Å²) in [5.74, 6) is 5.11. The van der Waals surface area contributed by atoms with Gasteiger partial charge in [0.2, 0.25) is 5.82 Å². The first-order chi connectivity index (χ1) is 4.88. The zero-order valence-corrected chi connectivity index (χ0v) is 5.11. The lowest BCUT2D eigenvalue weighted by molar-refractivity contribution is 1.23. The smallest absolute Gasteiger partial charge is 0.221 e. The lowest BCUT2D eigenvalue weighted by Gasteiger charge is -1.97. The lowest BCUT2D eigenvalue weighted by Crippen LogP contribution is -2.06. The van der Waals surface area contributed by atoms with Crippen molar-refractivity contribution >= 4 is 11.5 Å². The number of nitrogens with zero attached hydrogens (tertiary/aromatic N) is 2. The highest BCUT2D eigenvalue weighted by Gasteiger charge is 1.98. The van der Waals surface area contributed by atoms with Crippen LogP contribution in [0.3, 0.4) is 0 Å². The highest BCUT2D eigenvalue weighted by atomic mass is 16.3. The van der Waals surface area contributed by atoms with Crippen LogP contribution in [0.4, 0.5) is 11.5 Å². The molecule has 0 spiro atoms. The molecule has 0 aliphatic rings. The molecule has 1 rings (SSSR count). The summed E-state index contributed by atoms with van der Waals surface area (Å²) in [5, 5.41) is 2.64. The van der Waals surface area contributed by atoms with E-state index in [1.165, 1.54) is 6.20 Å². The van der Waals surface area contributed by atoms with E-state index in [1.54, 1.807) is 12.1 Å². The highest BCUT2D eigenvalue weighted by molar-refractivity contribution is 5.59. The van der Waals surface area contributed by atoms with Crippen molar-refractivity contribution in [3.8, 4) is 0 Å². The van der Waals surface area contributed by atoms with E-state index in [4.69, 9.17) is 5.84 Å². The Morgan fingerprint density at radius 3 is 3.00 bits per heavy atom. The maximum absolute atomic E-state index is 9.98. The normalized spacial score (nSPS) is 8.90. The summed E-state index contributed by atoms with van der Waals surface area (Å²) in [6.07, 6.45) is 1.47. The molecule has 52 valence electrons. The van der Waals surface area contributed by atoms with Gasteiger partial charge in [-0.05, 0) is 17.3 Å². The maximum Gasteiger partial charge on any atom is 0.221 e. The lowest BCUT2D eigenvalue weighted by atomic mass is 10.4. The highest BCUT2D eigenvalue weighted by Crippen LogP contribution is 2.18. The molecule has 0 aromatic carbocycles. The molecule has 0 unspecified atom stereocenters. The number of nitroso groups, excluding NO2 is 1. The van der Waals surface area contributed by atoms with Crippen molar-refractivity contribution in [1.82, 2.24) is 4.98 Å². The van der Waals surface area contributed by atoms with Crippen molar-refractivity contribution in [3.63, 3.8) is 0 Å². The van der Waals surface area contributed by atoms with E-state index in [0.717, 1.165) is 0 Å². The molecule has 1 aromatic rings. The summed E-state index contributed by atoms with van der Waals surface area (Å²) in [6, 6.07) is 3.27. The minimum absolute atomic E-state index is 0.0741. The third-order valence-electron chi connectivity index (χ3n) is 1.03. The molecule has 5 nitrogen and oxygen atoms in total. The van der Waals surface area contributed by atoms with Gasteiger partial charge in [-0.2, -0.15) is 0 Å². The maximum atomic E-state index is 9.98. The first-order valence-corrected chi connectivity index (χ1v) is 2.63. The molecule has 0 amide bonds. The van der Waals surface area contributed by atoms with E-state index in [2.05, 4.69) is 15.6 Å². The average Bonchev–Trinajstić information content (AvgIpc) is 2.04. The van der Waals surface area contributed by atoms with Crippen molar-refractivity contribution in [2.24, 2.45) is 11.0 Å². The van der Waals surface area contributed by atoms with Crippen LogP contribution in [0.1, 0.15) is 0 Å². The number of anilines is 1. The third-order valence-corrected chi connectivity index (χ3v) is 1.03. The average molecular weight is 138 g/mol. The van der Waals surface area contributed by atoms with Gasteiger partial charge >= 0.3 is 0 Å². The van der Waals surface area contributed by atoms with Gasteiger partial charge in [-0.15, -0.1) is 4.91 Å². The van der Waals surface area contributed by atoms with Gasteiger partial charge in [0.25, 0.3) is 0 Å². The van der Waals surface area contributed by atoms with E-state index in [0.29, 0.717) is 5.69 Å². The summed E-state index contributed by atoms with van der Waals surface area (Å²) in [7, 11) is 0. The van der Waals surface area contributed by atoms with Gasteiger partial charge < -0.3 is 5.43 Å². The van der Waals surface area contributed by atoms with Crippen LogP contribution in [0.2, 0.25) is 0 Å². The minimum Gasteiger partial charge on any atom is -0.321 e. The monoisotopic (exact) mass is 138 g/mol.